The van der Waals surface area contributed by atoms with Gasteiger partial charge in [0.1, 0.15) is 42.3 Å². The first-order valence-corrected chi connectivity index (χ1v) is 21.7. The summed E-state index contributed by atoms with van der Waals surface area (Å²) < 4.78 is 0. The summed E-state index contributed by atoms with van der Waals surface area (Å²) in [6, 6.07) is -12.0. The highest BCUT2D eigenvalue weighted by Crippen LogP contribution is 2.20. The lowest BCUT2D eigenvalue weighted by Gasteiger charge is -2.30. The van der Waals surface area contributed by atoms with Crippen molar-refractivity contribution >= 4 is 76.9 Å². The number of carboxylic acid groups (broad SMARTS) is 1. The number of aliphatic hydroxyl groups excluding tert-OH is 1. The summed E-state index contributed by atoms with van der Waals surface area (Å²) in [4.78, 5) is 157. The number of aliphatic imine (C=N–C) groups is 1. The van der Waals surface area contributed by atoms with Crippen LogP contribution in [0.2, 0.25) is 0 Å². The molecule has 0 aliphatic carbocycles. The summed E-state index contributed by atoms with van der Waals surface area (Å²) >= 11 is 0. The Labute approximate surface area is 390 Å². The molecule has 1 aliphatic heterocycles. The number of hydrogen-bond donors (Lipinski definition) is 15. The van der Waals surface area contributed by atoms with Gasteiger partial charge >= 0.3 is 5.97 Å². The first kappa shape index (κ1) is 58.8. The van der Waals surface area contributed by atoms with Gasteiger partial charge in [-0.1, -0.05) is 13.8 Å². The maximum atomic E-state index is 14.0. The SMILES string of the molecule is CC(C)C[C@H](NC(=O)[C@H](CCC(N)=O)NC(=O)[C@@H]1CCCN1C(=O)[C@H](CO)NC(=O)[C@H](CCCN=C(N)N)NC(=O)[C@H](CCC(N)=O)NC(=O)[C@@H](N)CC(N)=O)C(=O)N[C@@H](CCC(N)=O)C(=O)O. The predicted molar refractivity (Wildman–Crippen MR) is 237 cm³/mol. The fraction of sp³-hybridized carbons (Fsp3) is 0.667. The van der Waals surface area contributed by atoms with E-state index in [0.717, 1.165) is 4.90 Å². The number of nitrogens with two attached hydrogens (primary N) is 7. The van der Waals surface area contributed by atoms with Crippen molar-refractivity contribution in [2.75, 3.05) is 19.7 Å². The molecular formula is C39H67N15O14. The molecule has 0 bridgehead atoms. The predicted octanol–water partition coefficient (Wildman–Crippen LogP) is -7.94. The third-order valence-electron chi connectivity index (χ3n) is 10.2. The highest BCUT2D eigenvalue weighted by molar-refractivity contribution is 5.98. The van der Waals surface area contributed by atoms with Gasteiger partial charge in [0.15, 0.2) is 5.96 Å². The number of primary amides is 4. The summed E-state index contributed by atoms with van der Waals surface area (Å²) in [7, 11) is 0. The maximum absolute atomic E-state index is 14.0. The van der Waals surface area contributed by atoms with Crippen molar-refractivity contribution in [1.29, 1.82) is 0 Å². The molecule has 0 spiro atoms. The number of carbonyl (C=O) groups excluding carboxylic acids is 11. The van der Waals surface area contributed by atoms with Gasteiger partial charge in [-0.25, -0.2) is 4.79 Å². The molecule has 0 unspecified atom stereocenters. The molecule has 68 heavy (non-hydrogen) atoms. The molecule has 1 saturated heterocycles. The van der Waals surface area contributed by atoms with Gasteiger partial charge in [-0.15, -0.1) is 0 Å². The number of carbonyl (C=O) groups is 12. The van der Waals surface area contributed by atoms with Crippen LogP contribution in [-0.4, -0.2) is 160 Å². The van der Waals surface area contributed by atoms with Crippen molar-refractivity contribution in [1.82, 2.24) is 36.8 Å². The number of nitrogens with one attached hydrogen (secondary N) is 6. The maximum Gasteiger partial charge on any atom is 0.326 e. The highest BCUT2D eigenvalue weighted by atomic mass is 16.4. The van der Waals surface area contributed by atoms with Gasteiger partial charge < -0.3 is 87.1 Å². The summed E-state index contributed by atoms with van der Waals surface area (Å²) in [5.74, 6) is -12.3. The van der Waals surface area contributed by atoms with E-state index in [1.807, 2.05) is 0 Å². The Bertz CT molecular complexity index is 1880. The zero-order valence-electron chi connectivity index (χ0n) is 38.0. The minimum Gasteiger partial charge on any atom is -0.480 e. The standard InChI is InChI=1S/C39H67N15O14/c1-18(2)15-24(35(64)51-23(38(67)68)9-12-29(43)58)52-34(63)22(8-11-28(42)57)50-36(65)26-6-4-14-54(26)37(66)25(17-55)53-32(61)20(5-3-13-47-39(45)46)49-33(62)21(7-10-27(41)56)48-31(60)19(40)16-30(44)59/h18-26,55H,3-17,40H2,1-2H3,(H2,41,56)(H2,42,57)(H2,43,58)(H2,44,59)(H,48,60)(H,49,62)(H,50,65)(H,51,64)(H,52,63)(H,53,61)(H,67,68)(H4,45,46,47)/t19-,20-,21-,22-,23-,24-,25-,26-/m0/s1. The minimum atomic E-state index is -1.73. The Morgan fingerprint density at radius 3 is 1.51 bits per heavy atom. The van der Waals surface area contributed by atoms with E-state index in [4.69, 9.17) is 40.1 Å². The third kappa shape index (κ3) is 21.9. The topological polar surface area (TPSA) is 515 Å². The van der Waals surface area contributed by atoms with Gasteiger partial charge in [0, 0.05) is 32.4 Å². The van der Waals surface area contributed by atoms with Gasteiger partial charge in [-0.2, -0.15) is 0 Å². The number of hydrogen-bond acceptors (Lipinski definition) is 15. The van der Waals surface area contributed by atoms with E-state index >= 15 is 0 Å². The van der Waals surface area contributed by atoms with Crippen molar-refractivity contribution in [3.8, 4) is 0 Å². The number of guanidine groups is 1. The average molecular weight is 970 g/mol. The molecule has 0 saturated carbocycles. The fourth-order valence-corrected chi connectivity index (χ4v) is 6.76. The molecule has 0 aromatic heterocycles. The molecule has 29 heteroatoms. The van der Waals surface area contributed by atoms with Crippen molar-refractivity contribution < 1.29 is 67.7 Å². The minimum absolute atomic E-state index is 0.0181. The normalized spacial score (nSPS) is 16.2. The average Bonchev–Trinajstić information content (AvgIpc) is 3.74. The largest absolute Gasteiger partial charge is 0.480 e. The summed E-state index contributed by atoms with van der Waals surface area (Å²) in [6.45, 7) is 2.29. The van der Waals surface area contributed by atoms with Gasteiger partial charge in [0.25, 0.3) is 0 Å². The van der Waals surface area contributed by atoms with Crippen molar-refractivity contribution in [3.63, 3.8) is 0 Å². The zero-order chi connectivity index (χ0) is 51.8. The lowest BCUT2D eigenvalue weighted by molar-refractivity contribution is -0.143. The van der Waals surface area contributed by atoms with Crippen LogP contribution in [-0.2, 0) is 57.5 Å². The van der Waals surface area contributed by atoms with Gasteiger partial charge in [-0.3, -0.25) is 57.7 Å². The monoisotopic (exact) mass is 969 g/mol. The Morgan fingerprint density at radius 1 is 0.603 bits per heavy atom. The van der Waals surface area contributed by atoms with E-state index in [2.05, 4.69) is 36.9 Å². The molecule has 11 amide bonds. The van der Waals surface area contributed by atoms with Crippen molar-refractivity contribution in [2.24, 2.45) is 51.0 Å². The van der Waals surface area contributed by atoms with Crippen LogP contribution >= 0.6 is 0 Å². The number of aliphatic hydroxyl groups is 1. The van der Waals surface area contributed by atoms with Crippen LogP contribution in [0.4, 0.5) is 0 Å². The third-order valence-corrected chi connectivity index (χ3v) is 10.2. The van der Waals surface area contributed by atoms with Crippen LogP contribution < -0.4 is 72.0 Å². The molecule has 0 radical (unpaired) electrons. The molecule has 0 aromatic carbocycles. The van der Waals surface area contributed by atoms with Gasteiger partial charge in [0.2, 0.25) is 65.0 Å². The molecule has 382 valence electrons. The van der Waals surface area contributed by atoms with Crippen LogP contribution in [0.5, 0.6) is 0 Å². The quantitative estimate of drug-likeness (QED) is 0.0169. The zero-order valence-corrected chi connectivity index (χ0v) is 38.0. The second kappa shape index (κ2) is 29.5. The molecule has 29 nitrogen and oxygen atoms in total. The molecule has 8 atom stereocenters. The van der Waals surface area contributed by atoms with Gasteiger partial charge in [0.05, 0.1) is 19.1 Å². The van der Waals surface area contributed by atoms with E-state index in [0.29, 0.717) is 0 Å². The molecule has 1 aliphatic rings. The molecule has 0 aromatic rings. The number of likely N-dealkylation sites (tertiary alicyclic amines) is 1. The number of amides is 11. The number of carboxylic acids is 1. The smallest absolute Gasteiger partial charge is 0.326 e. The Balaban J connectivity index is 3.37. The highest BCUT2D eigenvalue weighted by Gasteiger charge is 2.40. The summed E-state index contributed by atoms with van der Waals surface area (Å²) in [6.07, 6.45) is -2.80. The first-order chi connectivity index (χ1) is 31.8. The van der Waals surface area contributed by atoms with Crippen LogP contribution in [0, 0.1) is 5.92 Å². The van der Waals surface area contributed by atoms with Crippen molar-refractivity contribution in [2.45, 2.75) is 139 Å². The van der Waals surface area contributed by atoms with Crippen molar-refractivity contribution in [3.05, 3.63) is 0 Å². The van der Waals surface area contributed by atoms with Crippen LogP contribution in [0.15, 0.2) is 4.99 Å². The van der Waals surface area contributed by atoms with E-state index in [1.54, 1.807) is 13.8 Å². The van der Waals surface area contributed by atoms with Crippen LogP contribution in [0.3, 0.4) is 0 Å². The lowest BCUT2D eigenvalue weighted by Crippen LogP contribution is -2.60. The van der Waals surface area contributed by atoms with Gasteiger partial charge in [-0.05, 0) is 57.3 Å². The molecule has 22 N–H and O–H groups in total. The Hall–Kier alpha value is -7.17. The molecule has 1 rings (SSSR count). The molecule has 1 fully saturated rings. The van der Waals surface area contributed by atoms with Crippen LogP contribution in [0.25, 0.3) is 0 Å². The Morgan fingerprint density at radius 2 is 1.04 bits per heavy atom. The van der Waals surface area contributed by atoms with Crippen LogP contribution in [0.1, 0.15) is 90.9 Å². The first-order valence-electron chi connectivity index (χ1n) is 21.7. The summed E-state index contributed by atoms with van der Waals surface area (Å²) in [5, 5.41) is 34.2. The summed E-state index contributed by atoms with van der Waals surface area (Å²) in [5.41, 5.74) is 37.3. The fourth-order valence-electron chi connectivity index (χ4n) is 6.76. The molecular weight excluding hydrogens is 903 g/mol. The van der Waals surface area contributed by atoms with E-state index in [-0.39, 0.29) is 82.8 Å². The van der Waals surface area contributed by atoms with E-state index in [1.165, 1.54) is 0 Å². The van der Waals surface area contributed by atoms with E-state index in [9.17, 15) is 67.7 Å². The second-order valence-electron chi connectivity index (χ2n) is 16.4. The lowest BCUT2D eigenvalue weighted by atomic mass is 10.0. The number of rotatable bonds is 32. The van der Waals surface area contributed by atoms with E-state index < -0.39 is 145 Å². The number of nitrogens with zero attached hydrogens (tertiary/aromatic N) is 2. The molecule has 1 heterocycles. The Kier molecular flexibility index (Phi) is 25.5. The second-order valence-corrected chi connectivity index (χ2v) is 16.4. The number of aliphatic carboxylic acids is 1.